The Morgan fingerprint density at radius 1 is 1.19 bits per heavy atom. The molecule has 0 saturated heterocycles. The van der Waals surface area contributed by atoms with Gasteiger partial charge in [-0.1, -0.05) is 39.7 Å². The minimum Gasteiger partial charge on any atom is -0.298 e. The van der Waals surface area contributed by atoms with Crippen molar-refractivity contribution in [3.8, 4) is 0 Å². The van der Waals surface area contributed by atoms with Crippen LogP contribution in [-0.4, -0.2) is 29.4 Å². The third kappa shape index (κ3) is 2.44. The highest BCUT2D eigenvalue weighted by Crippen LogP contribution is 2.37. The molecule has 1 fully saturated rings. The normalized spacial score (nSPS) is 28.8. The summed E-state index contributed by atoms with van der Waals surface area (Å²) in [6, 6.07) is 6.51. The summed E-state index contributed by atoms with van der Waals surface area (Å²) in [5, 5.41) is 0. The molecule has 3 atom stereocenters. The van der Waals surface area contributed by atoms with Crippen molar-refractivity contribution in [2.24, 2.45) is 5.92 Å². The molecule has 0 radical (unpaired) electrons. The molecule has 0 spiro atoms. The zero-order valence-corrected chi connectivity index (χ0v) is 14.0. The minimum atomic E-state index is -3.59. The van der Waals surface area contributed by atoms with E-state index in [4.69, 9.17) is 0 Å². The van der Waals surface area contributed by atoms with E-state index in [-0.39, 0.29) is 27.5 Å². The number of hydrogen-bond acceptors (Lipinski definition) is 3. The first-order chi connectivity index (χ1) is 9.91. The predicted molar refractivity (Wildman–Crippen MR) is 83.6 cm³/mol. The SMILES string of the molecule is Cc1ccc(S(=O)(=O)N2C=C[C@@H]3C(=O)[C@@H](Br)CC[C@@H]32)cc1. The van der Waals surface area contributed by atoms with E-state index < -0.39 is 10.0 Å². The standard InChI is InChI=1S/C15H16BrNO3S/c1-10-2-4-11(5-3-10)21(19,20)17-9-8-12-14(17)7-6-13(16)15(12)18/h2-5,8-9,12-14H,6-7H2,1H3/t12-,13-,14-/m0/s1. The lowest BCUT2D eigenvalue weighted by Gasteiger charge is -2.33. The third-order valence-electron chi connectivity index (χ3n) is 4.13. The van der Waals surface area contributed by atoms with E-state index >= 15 is 0 Å². The lowest BCUT2D eigenvalue weighted by atomic mass is 9.85. The fraction of sp³-hybridized carbons (Fsp3) is 0.400. The topological polar surface area (TPSA) is 54.5 Å². The molecule has 0 bridgehead atoms. The van der Waals surface area contributed by atoms with Crippen LogP contribution in [0.4, 0.5) is 0 Å². The molecule has 1 aliphatic heterocycles. The van der Waals surface area contributed by atoms with Crippen molar-refractivity contribution in [3.63, 3.8) is 0 Å². The van der Waals surface area contributed by atoms with Gasteiger partial charge < -0.3 is 0 Å². The summed E-state index contributed by atoms with van der Waals surface area (Å²) in [7, 11) is -3.59. The average molecular weight is 370 g/mol. The fourth-order valence-corrected chi connectivity index (χ4v) is 5.04. The molecule has 4 nitrogen and oxygen atoms in total. The Labute approximate surface area is 133 Å². The fourth-order valence-electron chi connectivity index (χ4n) is 2.92. The number of carbonyl (C=O) groups excluding carboxylic acids is 1. The van der Waals surface area contributed by atoms with Gasteiger partial charge in [0.15, 0.2) is 5.78 Å². The summed E-state index contributed by atoms with van der Waals surface area (Å²) < 4.78 is 26.8. The van der Waals surface area contributed by atoms with Gasteiger partial charge in [-0.25, -0.2) is 8.42 Å². The number of nitrogens with zero attached hydrogens (tertiary/aromatic N) is 1. The lowest BCUT2D eigenvalue weighted by molar-refractivity contribution is -0.123. The Hall–Kier alpha value is -1.14. The molecule has 21 heavy (non-hydrogen) atoms. The summed E-state index contributed by atoms with van der Waals surface area (Å²) in [5.41, 5.74) is 1.01. The number of hydrogen-bond donors (Lipinski definition) is 0. The molecule has 1 aromatic rings. The maximum absolute atomic E-state index is 12.7. The van der Waals surface area contributed by atoms with Gasteiger partial charge in [0, 0.05) is 6.20 Å². The van der Waals surface area contributed by atoms with Crippen molar-refractivity contribution >= 4 is 31.7 Å². The molecule has 0 aromatic heterocycles. The number of sulfonamides is 1. The highest BCUT2D eigenvalue weighted by molar-refractivity contribution is 9.10. The summed E-state index contributed by atoms with van der Waals surface area (Å²) >= 11 is 3.36. The maximum atomic E-state index is 12.7. The van der Waals surface area contributed by atoms with Gasteiger partial charge >= 0.3 is 0 Å². The Morgan fingerprint density at radius 3 is 2.52 bits per heavy atom. The molecule has 1 aromatic carbocycles. The zero-order chi connectivity index (χ0) is 15.2. The number of aryl methyl sites for hydroxylation is 1. The van der Waals surface area contributed by atoms with Gasteiger partial charge in [0.05, 0.1) is 21.7 Å². The molecule has 3 rings (SSSR count). The van der Waals surface area contributed by atoms with Gasteiger partial charge in [0.2, 0.25) is 0 Å². The predicted octanol–water partition coefficient (Wildman–Crippen LogP) is 2.62. The van der Waals surface area contributed by atoms with Crippen LogP contribution in [0.25, 0.3) is 0 Å². The smallest absolute Gasteiger partial charge is 0.264 e. The maximum Gasteiger partial charge on any atom is 0.264 e. The van der Waals surface area contributed by atoms with Crippen LogP contribution in [0.1, 0.15) is 18.4 Å². The van der Waals surface area contributed by atoms with E-state index in [0.29, 0.717) is 12.8 Å². The molecular weight excluding hydrogens is 354 g/mol. The van der Waals surface area contributed by atoms with E-state index in [1.807, 2.05) is 6.92 Å². The number of halogens is 1. The summed E-state index contributed by atoms with van der Waals surface area (Å²) in [5.74, 6) is -0.257. The average Bonchev–Trinajstić information content (AvgIpc) is 2.89. The van der Waals surface area contributed by atoms with Gasteiger partial charge in [-0.3, -0.25) is 9.10 Å². The van der Waals surface area contributed by atoms with Crippen molar-refractivity contribution < 1.29 is 13.2 Å². The molecule has 0 unspecified atom stereocenters. The third-order valence-corrected chi connectivity index (χ3v) is 6.86. The van der Waals surface area contributed by atoms with Crippen LogP contribution in [0, 0.1) is 12.8 Å². The molecule has 0 N–H and O–H groups in total. The first-order valence-electron chi connectivity index (χ1n) is 6.87. The number of benzene rings is 1. The first kappa shape index (κ1) is 14.8. The van der Waals surface area contributed by atoms with E-state index in [9.17, 15) is 13.2 Å². The van der Waals surface area contributed by atoms with Crippen LogP contribution in [0.15, 0.2) is 41.4 Å². The second-order valence-electron chi connectivity index (χ2n) is 5.53. The number of fused-ring (bicyclic) bond motifs is 1. The molecule has 0 amide bonds. The van der Waals surface area contributed by atoms with Crippen LogP contribution in [0.5, 0.6) is 0 Å². The largest absolute Gasteiger partial charge is 0.298 e. The van der Waals surface area contributed by atoms with Gasteiger partial charge in [-0.15, -0.1) is 0 Å². The van der Waals surface area contributed by atoms with E-state index in [0.717, 1.165) is 5.56 Å². The molecule has 2 aliphatic rings. The number of alkyl halides is 1. The highest BCUT2D eigenvalue weighted by Gasteiger charge is 2.44. The van der Waals surface area contributed by atoms with Crippen LogP contribution < -0.4 is 0 Å². The quantitative estimate of drug-likeness (QED) is 0.752. The van der Waals surface area contributed by atoms with Gasteiger partial charge in [-0.05, 0) is 31.9 Å². The highest BCUT2D eigenvalue weighted by atomic mass is 79.9. The van der Waals surface area contributed by atoms with Crippen LogP contribution >= 0.6 is 15.9 Å². The van der Waals surface area contributed by atoms with E-state index in [1.54, 1.807) is 36.5 Å². The van der Waals surface area contributed by atoms with Crippen molar-refractivity contribution in [2.75, 3.05) is 0 Å². The molecule has 112 valence electrons. The molecule has 1 aliphatic carbocycles. The van der Waals surface area contributed by atoms with E-state index in [2.05, 4.69) is 15.9 Å². The minimum absolute atomic E-state index is 0.0732. The summed E-state index contributed by atoms with van der Waals surface area (Å²) in [6.07, 6.45) is 4.62. The first-order valence-corrected chi connectivity index (χ1v) is 9.23. The van der Waals surface area contributed by atoms with Crippen molar-refractivity contribution in [1.29, 1.82) is 0 Å². The van der Waals surface area contributed by atoms with Crippen molar-refractivity contribution in [1.82, 2.24) is 4.31 Å². The van der Waals surface area contributed by atoms with Crippen molar-refractivity contribution in [2.45, 2.75) is 35.5 Å². The van der Waals surface area contributed by atoms with Crippen LogP contribution in [0.2, 0.25) is 0 Å². The molecule has 6 heteroatoms. The van der Waals surface area contributed by atoms with Crippen LogP contribution in [-0.2, 0) is 14.8 Å². The Kier molecular flexibility index (Phi) is 3.69. The summed E-state index contributed by atoms with van der Waals surface area (Å²) in [4.78, 5) is 12.2. The lowest BCUT2D eigenvalue weighted by Crippen LogP contribution is -2.44. The van der Waals surface area contributed by atoms with E-state index in [1.165, 1.54) is 4.31 Å². The number of ketones is 1. The number of carbonyl (C=O) groups is 1. The Balaban J connectivity index is 1.93. The second kappa shape index (κ2) is 5.25. The Bertz CT molecular complexity index is 696. The molecular formula is C15H16BrNO3S. The summed E-state index contributed by atoms with van der Waals surface area (Å²) in [6.45, 7) is 1.91. The zero-order valence-electron chi connectivity index (χ0n) is 11.6. The molecule has 1 heterocycles. The number of Topliss-reactive ketones (excluding diaryl/α,β-unsaturated/α-hetero) is 1. The van der Waals surface area contributed by atoms with Gasteiger partial charge in [-0.2, -0.15) is 0 Å². The van der Waals surface area contributed by atoms with Gasteiger partial charge in [0.25, 0.3) is 10.0 Å². The Morgan fingerprint density at radius 2 is 1.86 bits per heavy atom. The van der Waals surface area contributed by atoms with Gasteiger partial charge in [0.1, 0.15) is 0 Å². The molecule has 1 saturated carbocycles. The number of rotatable bonds is 2. The second-order valence-corrected chi connectivity index (χ2v) is 8.48. The monoisotopic (exact) mass is 369 g/mol. The van der Waals surface area contributed by atoms with Crippen LogP contribution in [0.3, 0.4) is 0 Å². The van der Waals surface area contributed by atoms with Crippen molar-refractivity contribution in [3.05, 3.63) is 42.1 Å².